The first kappa shape index (κ1) is 25.3. The zero-order chi connectivity index (χ0) is 23.1. The first-order valence-electron chi connectivity index (χ1n) is 10.7. The van der Waals surface area contributed by atoms with Crippen molar-refractivity contribution in [2.75, 3.05) is 0 Å². The molecule has 0 unspecified atom stereocenters. The molecule has 0 heterocycles. The van der Waals surface area contributed by atoms with Crippen molar-refractivity contribution < 1.29 is 13.4 Å². The van der Waals surface area contributed by atoms with Crippen LogP contribution in [0.4, 0.5) is 0 Å². The molecule has 0 N–H and O–H groups in total. The monoisotopic (exact) mass is 518 g/mol. The van der Waals surface area contributed by atoms with Crippen molar-refractivity contribution >= 4 is 38.6 Å². The Morgan fingerprint density at radius 2 is 1.06 bits per heavy atom. The van der Waals surface area contributed by atoms with Gasteiger partial charge in [-0.3, -0.25) is 0 Å². The van der Waals surface area contributed by atoms with Crippen molar-refractivity contribution in [3.8, 4) is 0 Å². The molecule has 0 saturated heterocycles. The molecular weight excluding hydrogens is 490 g/mol. The predicted octanol–water partition coefficient (Wildman–Crippen LogP) is 8.47. The summed E-state index contributed by atoms with van der Waals surface area (Å²) in [6.07, 6.45) is 1.08. The van der Waals surface area contributed by atoms with Gasteiger partial charge in [-0.2, -0.15) is 0 Å². The van der Waals surface area contributed by atoms with Crippen LogP contribution in [0.2, 0.25) is 0 Å². The molecule has 0 nitrogen and oxygen atoms in total. The van der Waals surface area contributed by atoms with Crippen LogP contribution in [-0.2, 0) is 19.5 Å². The van der Waals surface area contributed by atoms with Crippen molar-refractivity contribution in [1.82, 2.24) is 0 Å². The van der Waals surface area contributed by atoms with Crippen LogP contribution in [0.1, 0.15) is 44.7 Å². The molecule has 0 atom stereocenters. The summed E-state index contributed by atoms with van der Waals surface area (Å²) in [7, 11) is 9.21. The summed E-state index contributed by atoms with van der Waals surface area (Å²) in [5.41, 5.74) is 8.93. The van der Waals surface area contributed by atoms with E-state index in [9.17, 15) is 0 Å². The Hall–Kier alpha value is -1.32. The molecule has 32 heavy (non-hydrogen) atoms. The minimum atomic E-state index is -0.441. The predicted molar refractivity (Wildman–Crippen MR) is 140 cm³/mol. The van der Waals surface area contributed by atoms with Gasteiger partial charge < -0.3 is 0 Å². The molecule has 4 heteroatoms. The third-order valence-corrected chi connectivity index (χ3v) is 8.94. The average Bonchev–Trinajstić information content (AvgIpc) is 3.02. The van der Waals surface area contributed by atoms with Crippen LogP contribution >= 0.6 is 28.0 Å². The maximum absolute atomic E-state index is 4.83. The van der Waals surface area contributed by atoms with E-state index in [-0.39, 0.29) is 13.4 Å². The molecule has 0 spiro atoms. The van der Waals surface area contributed by atoms with Crippen LogP contribution in [0, 0.1) is 0 Å². The number of hydrogen-bond donors (Lipinski definition) is 0. The molecule has 1 aliphatic rings. The number of halogens is 2. The summed E-state index contributed by atoms with van der Waals surface area (Å²) in [4.78, 5) is 0. The Morgan fingerprint density at radius 1 is 0.656 bits per heavy atom. The number of hydrogen-bond acceptors (Lipinski definition) is 0. The van der Waals surface area contributed by atoms with Gasteiger partial charge in [0, 0.05) is 12.1 Å². The minimum absolute atomic E-state index is 0.181. The van der Waals surface area contributed by atoms with Crippen LogP contribution in [0.25, 0.3) is 0 Å². The van der Waals surface area contributed by atoms with E-state index in [4.69, 9.17) is 20.1 Å². The third-order valence-electron chi connectivity index (χ3n) is 6.44. The fourth-order valence-electron chi connectivity index (χ4n) is 4.49. The Kier molecular flexibility index (Phi) is 9.67. The number of benzene rings is 3. The van der Waals surface area contributed by atoms with Gasteiger partial charge in [-0.25, -0.2) is 0 Å². The standard InChI is InChI=1S/C28H29P.2ClH.Cr/c1-20-21(2)23(4)28(22(20)3)27-18-12-11-13-24(27)19-29(25-14-7-5-8-15-25)26-16-9-6-10-17-26;;;/h5-18,28H,19H2,1-4H3;2*1H;/q;;;+2/p-2. The van der Waals surface area contributed by atoms with Crippen LogP contribution in [0.3, 0.4) is 0 Å². The summed E-state index contributed by atoms with van der Waals surface area (Å²) >= 11 is -0.181. The van der Waals surface area contributed by atoms with Gasteiger partial charge in [0.1, 0.15) is 0 Å². The molecule has 3 aromatic rings. The second-order valence-corrected chi connectivity index (χ2v) is 12.4. The van der Waals surface area contributed by atoms with Gasteiger partial charge in [-0.05, 0) is 68.5 Å². The normalized spacial score (nSPS) is 14.1. The summed E-state index contributed by atoms with van der Waals surface area (Å²) in [5.74, 6) is 0.426. The molecule has 0 radical (unpaired) electrons. The Balaban J connectivity index is 0.000000913. The van der Waals surface area contributed by atoms with Gasteiger partial charge in [0.05, 0.1) is 0 Å². The van der Waals surface area contributed by atoms with Crippen molar-refractivity contribution in [2.45, 2.75) is 39.8 Å². The summed E-state index contributed by atoms with van der Waals surface area (Å²) in [6.45, 7) is 9.18. The SMILES string of the molecule is CC1=C(C)C(c2ccccc2CP(c2ccccc2)c2ccccc2)C(C)=C1C.[Cl][Cr][Cl]. The topological polar surface area (TPSA) is 0 Å². The van der Waals surface area contributed by atoms with E-state index >= 15 is 0 Å². The molecule has 0 bridgehead atoms. The molecular formula is C28H29Cl2CrP. The van der Waals surface area contributed by atoms with E-state index in [0.717, 1.165) is 6.16 Å². The molecule has 3 aromatic carbocycles. The van der Waals surface area contributed by atoms with Gasteiger partial charge in [0.15, 0.2) is 0 Å². The fraction of sp³-hybridized carbons (Fsp3) is 0.214. The zero-order valence-corrected chi connectivity index (χ0v) is 22.7. The van der Waals surface area contributed by atoms with Crippen molar-refractivity contribution in [1.29, 1.82) is 0 Å². The van der Waals surface area contributed by atoms with Gasteiger partial charge >= 0.3 is 33.5 Å². The van der Waals surface area contributed by atoms with Gasteiger partial charge in [-0.15, -0.1) is 0 Å². The van der Waals surface area contributed by atoms with Crippen LogP contribution in [0.15, 0.2) is 107 Å². The first-order chi connectivity index (χ1) is 15.5. The van der Waals surface area contributed by atoms with E-state index in [1.165, 1.54) is 44.0 Å². The van der Waals surface area contributed by atoms with E-state index < -0.39 is 7.92 Å². The van der Waals surface area contributed by atoms with E-state index in [2.05, 4.69) is 113 Å². The van der Waals surface area contributed by atoms with Crippen LogP contribution in [-0.4, -0.2) is 0 Å². The quantitative estimate of drug-likeness (QED) is 0.297. The van der Waals surface area contributed by atoms with E-state index in [0.29, 0.717) is 5.92 Å². The second-order valence-electron chi connectivity index (χ2n) is 8.06. The van der Waals surface area contributed by atoms with Crippen molar-refractivity contribution in [2.24, 2.45) is 0 Å². The van der Waals surface area contributed by atoms with E-state index in [1.807, 2.05) is 0 Å². The Morgan fingerprint density at radius 3 is 1.53 bits per heavy atom. The molecule has 0 aromatic heterocycles. The molecule has 0 saturated carbocycles. The fourth-order valence-corrected chi connectivity index (χ4v) is 6.85. The molecule has 4 rings (SSSR count). The molecule has 0 amide bonds. The maximum atomic E-state index is 4.83. The molecule has 1 aliphatic carbocycles. The van der Waals surface area contributed by atoms with Gasteiger partial charge in [-0.1, -0.05) is 96.1 Å². The number of rotatable bonds is 5. The first-order valence-corrected chi connectivity index (χ1v) is 15.7. The van der Waals surface area contributed by atoms with Gasteiger partial charge in [0.2, 0.25) is 0 Å². The summed E-state index contributed by atoms with van der Waals surface area (Å²) in [6, 6.07) is 31.2. The van der Waals surface area contributed by atoms with E-state index in [1.54, 1.807) is 0 Å². The van der Waals surface area contributed by atoms with Crippen molar-refractivity contribution in [3.05, 3.63) is 118 Å². The zero-order valence-electron chi connectivity index (χ0n) is 19.0. The van der Waals surface area contributed by atoms with Crippen molar-refractivity contribution in [3.63, 3.8) is 0 Å². The third kappa shape index (κ3) is 5.78. The molecule has 0 fully saturated rings. The Labute approximate surface area is 209 Å². The molecule has 166 valence electrons. The summed E-state index contributed by atoms with van der Waals surface area (Å²) in [5, 5.41) is 2.89. The second kappa shape index (κ2) is 12.2. The summed E-state index contributed by atoms with van der Waals surface area (Å²) < 4.78 is 0. The van der Waals surface area contributed by atoms with Crippen LogP contribution in [0.5, 0.6) is 0 Å². The molecule has 0 aliphatic heterocycles. The number of allylic oxidation sites excluding steroid dienone is 4. The van der Waals surface area contributed by atoms with Crippen LogP contribution < -0.4 is 10.6 Å². The Bertz CT molecular complexity index is 1030. The van der Waals surface area contributed by atoms with Gasteiger partial charge in [0.25, 0.3) is 0 Å². The average molecular weight is 519 g/mol.